The Morgan fingerprint density at radius 1 is 1.35 bits per heavy atom. The fourth-order valence-electron chi connectivity index (χ4n) is 1.44. The first-order valence-electron chi connectivity index (χ1n) is 6.09. The second-order valence-electron chi connectivity index (χ2n) is 4.11. The van der Waals surface area contributed by atoms with Crippen molar-refractivity contribution in [2.24, 2.45) is 0 Å². The van der Waals surface area contributed by atoms with Crippen molar-refractivity contribution in [1.82, 2.24) is 10.6 Å². The van der Waals surface area contributed by atoms with Crippen LogP contribution in [0.4, 0.5) is 10.5 Å². The fraction of sp³-hybridized carbons (Fsp3) is 0.385. The van der Waals surface area contributed by atoms with Crippen molar-refractivity contribution in [3.63, 3.8) is 0 Å². The number of hydrogen-bond acceptors (Lipinski definition) is 4. The molecule has 110 valence electrons. The minimum absolute atomic E-state index is 0.0150. The quantitative estimate of drug-likeness (QED) is 0.696. The van der Waals surface area contributed by atoms with E-state index in [0.29, 0.717) is 18.2 Å². The van der Waals surface area contributed by atoms with Gasteiger partial charge in [-0.2, -0.15) is 0 Å². The van der Waals surface area contributed by atoms with Crippen LogP contribution >= 0.6 is 11.6 Å². The summed E-state index contributed by atoms with van der Waals surface area (Å²) in [6, 6.07) is 4.80. The van der Waals surface area contributed by atoms with E-state index in [1.54, 1.807) is 12.1 Å². The summed E-state index contributed by atoms with van der Waals surface area (Å²) < 4.78 is 4.77. The van der Waals surface area contributed by atoms with Gasteiger partial charge in [-0.1, -0.05) is 17.7 Å². The highest BCUT2D eigenvalue weighted by Crippen LogP contribution is 2.19. The molecule has 0 fully saturated rings. The zero-order chi connectivity index (χ0) is 15.0. The van der Waals surface area contributed by atoms with Gasteiger partial charge in [-0.05, 0) is 24.6 Å². The molecule has 1 aromatic carbocycles. The number of ether oxygens (including phenoxy) is 1. The van der Waals surface area contributed by atoms with E-state index in [1.807, 2.05) is 13.0 Å². The van der Waals surface area contributed by atoms with E-state index < -0.39 is 11.9 Å². The number of halogens is 1. The summed E-state index contributed by atoms with van der Waals surface area (Å²) in [5.74, 6) is -0.431. The molecule has 0 saturated heterocycles. The Kier molecular flexibility index (Phi) is 6.83. The highest BCUT2D eigenvalue weighted by atomic mass is 35.5. The first-order valence-corrected chi connectivity index (χ1v) is 6.47. The third kappa shape index (κ3) is 5.90. The first-order chi connectivity index (χ1) is 9.52. The summed E-state index contributed by atoms with van der Waals surface area (Å²) in [6.45, 7) is 2.62. The monoisotopic (exact) mass is 299 g/mol. The normalized spacial score (nSPS) is 9.95. The number of amides is 3. The van der Waals surface area contributed by atoms with E-state index in [-0.39, 0.29) is 6.54 Å². The number of hydrogen-bond donors (Lipinski definition) is 3. The average Bonchev–Trinajstić information content (AvgIpc) is 2.40. The van der Waals surface area contributed by atoms with E-state index in [9.17, 15) is 9.59 Å². The molecule has 0 saturated carbocycles. The van der Waals surface area contributed by atoms with E-state index in [2.05, 4.69) is 16.0 Å². The van der Waals surface area contributed by atoms with Gasteiger partial charge in [0.2, 0.25) is 5.91 Å². The van der Waals surface area contributed by atoms with E-state index >= 15 is 0 Å². The SMILES string of the molecule is COCCNC(=O)NC(=O)CNc1cc(Cl)ccc1C. The highest BCUT2D eigenvalue weighted by Gasteiger charge is 2.07. The maximum atomic E-state index is 11.6. The summed E-state index contributed by atoms with van der Waals surface area (Å²) in [6.07, 6.45) is 0. The number of carbonyl (C=O) groups excluding carboxylic acids is 2. The fourth-order valence-corrected chi connectivity index (χ4v) is 1.61. The number of rotatable bonds is 6. The lowest BCUT2D eigenvalue weighted by molar-refractivity contribution is -0.118. The van der Waals surface area contributed by atoms with Crippen LogP contribution in [0, 0.1) is 6.92 Å². The van der Waals surface area contributed by atoms with Crippen LogP contribution in [-0.2, 0) is 9.53 Å². The Hall–Kier alpha value is -1.79. The van der Waals surface area contributed by atoms with Gasteiger partial charge >= 0.3 is 6.03 Å². The topological polar surface area (TPSA) is 79.5 Å². The summed E-state index contributed by atoms with van der Waals surface area (Å²) in [5, 5.41) is 8.20. The van der Waals surface area contributed by atoms with Crippen molar-refractivity contribution < 1.29 is 14.3 Å². The number of nitrogens with one attached hydrogen (secondary N) is 3. The molecular formula is C13H18ClN3O3. The van der Waals surface area contributed by atoms with Gasteiger partial charge in [-0.25, -0.2) is 4.79 Å². The van der Waals surface area contributed by atoms with Crippen LogP contribution in [0.25, 0.3) is 0 Å². The minimum atomic E-state index is -0.545. The summed E-state index contributed by atoms with van der Waals surface area (Å²) in [4.78, 5) is 22.9. The maximum absolute atomic E-state index is 11.6. The number of imide groups is 1. The lowest BCUT2D eigenvalue weighted by atomic mass is 10.2. The Labute approximate surface area is 122 Å². The van der Waals surface area contributed by atoms with Gasteiger partial charge in [0.1, 0.15) is 0 Å². The van der Waals surface area contributed by atoms with Crippen LogP contribution in [-0.4, -0.2) is 38.7 Å². The Balaban J connectivity index is 2.36. The molecule has 3 N–H and O–H groups in total. The van der Waals surface area contributed by atoms with Crippen LogP contribution in [0.3, 0.4) is 0 Å². The van der Waals surface area contributed by atoms with Crippen LogP contribution < -0.4 is 16.0 Å². The third-order valence-corrected chi connectivity index (χ3v) is 2.72. The second-order valence-corrected chi connectivity index (χ2v) is 4.55. The number of carbonyl (C=O) groups is 2. The number of urea groups is 1. The molecule has 0 aliphatic carbocycles. The van der Waals surface area contributed by atoms with Crippen molar-refractivity contribution in [3.8, 4) is 0 Å². The molecule has 0 bridgehead atoms. The maximum Gasteiger partial charge on any atom is 0.321 e. The molecule has 0 spiro atoms. The summed E-state index contributed by atoms with van der Waals surface area (Å²) in [7, 11) is 1.53. The van der Waals surface area contributed by atoms with Crippen molar-refractivity contribution in [2.45, 2.75) is 6.92 Å². The lowest BCUT2D eigenvalue weighted by Crippen LogP contribution is -2.43. The Morgan fingerprint density at radius 3 is 2.80 bits per heavy atom. The number of anilines is 1. The molecule has 0 atom stereocenters. The lowest BCUT2D eigenvalue weighted by Gasteiger charge is -2.10. The molecule has 0 radical (unpaired) electrons. The summed E-state index contributed by atoms with van der Waals surface area (Å²) in [5.41, 5.74) is 1.72. The third-order valence-electron chi connectivity index (χ3n) is 2.48. The Bertz CT molecular complexity index is 480. The van der Waals surface area contributed by atoms with Crippen molar-refractivity contribution in [2.75, 3.05) is 32.1 Å². The second kappa shape index (κ2) is 8.39. The van der Waals surface area contributed by atoms with Crippen LogP contribution in [0.1, 0.15) is 5.56 Å². The van der Waals surface area contributed by atoms with E-state index in [1.165, 1.54) is 7.11 Å². The van der Waals surface area contributed by atoms with Gasteiger partial charge in [-0.15, -0.1) is 0 Å². The number of benzene rings is 1. The largest absolute Gasteiger partial charge is 0.383 e. The van der Waals surface area contributed by atoms with Gasteiger partial charge in [0.05, 0.1) is 13.2 Å². The molecule has 1 aromatic rings. The Morgan fingerprint density at radius 2 is 2.10 bits per heavy atom. The van der Waals surface area contributed by atoms with Gasteiger partial charge < -0.3 is 15.4 Å². The highest BCUT2D eigenvalue weighted by molar-refractivity contribution is 6.30. The summed E-state index contributed by atoms with van der Waals surface area (Å²) >= 11 is 5.87. The van der Waals surface area contributed by atoms with Crippen LogP contribution in [0.5, 0.6) is 0 Å². The van der Waals surface area contributed by atoms with Crippen molar-refractivity contribution in [3.05, 3.63) is 28.8 Å². The molecule has 0 aromatic heterocycles. The molecule has 0 unspecified atom stereocenters. The molecular weight excluding hydrogens is 282 g/mol. The van der Waals surface area contributed by atoms with Crippen LogP contribution in [0.15, 0.2) is 18.2 Å². The standard InChI is InChI=1S/C13H18ClN3O3/c1-9-3-4-10(14)7-11(9)16-8-12(18)17-13(19)15-5-6-20-2/h3-4,7,16H,5-6,8H2,1-2H3,(H2,15,17,18,19). The molecule has 3 amide bonds. The van der Waals surface area contributed by atoms with Crippen molar-refractivity contribution >= 4 is 29.2 Å². The van der Waals surface area contributed by atoms with Crippen molar-refractivity contribution in [1.29, 1.82) is 0 Å². The molecule has 0 heterocycles. The van der Waals surface area contributed by atoms with E-state index in [4.69, 9.17) is 16.3 Å². The predicted octanol–water partition coefficient (Wildman–Crippen LogP) is 1.53. The molecule has 0 aliphatic rings. The van der Waals surface area contributed by atoms with Crippen LogP contribution in [0.2, 0.25) is 5.02 Å². The van der Waals surface area contributed by atoms with Gasteiger partial charge in [0.15, 0.2) is 0 Å². The minimum Gasteiger partial charge on any atom is -0.383 e. The molecule has 0 aliphatic heterocycles. The number of aryl methyl sites for hydroxylation is 1. The van der Waals surface area contributed by atoms with Gasteiger partial charge in [0.25, 0.3) is 0 Å². The molecule has 20 heavy (non-hydrogen) atoms. The molecule has 1 rings (SSSR count). The predicted molar refractivity (Wildman–Crippen MR) is 78.1 cm³/mol. The van der Waals surface area contributed by atoms with Gasteiger partial charge in [-0.3, -0.25) is 10.1 Å². The molecule has 7 heteroatoms. The average molecular weight is 300 g/mol. The first kappa shape index (κ1) is 16.3. The smallest absolute Gasteiger partial charge is 0.321 e. The number of methoxy groups -OCH3 is 1. The van der Waals surface area contributed by atoms with Gasteiger partial charge in [0, 0.05) is 24.4 Å². The zero-order valence-electron chi connectivity index (χ0n) is 11.5. The molecule has 6 nitrogen and oxygen atoms in total. The van der Waals surface area contributed by atoms with E-state index in [0.717, 1.165) is 11.3 Å². The zero-order valence-corrected chi connectivity index (χ0v) is 12.2.